The largest absolute Gasteiger partial charge is 0.476 e. The van der Waals surface area contributed by atoms with E-state index < -0.39 is 12.1 Å². The molecule has 1 fully saturated rings. The number of aromatic carboxylic acids is 1. The van der Waals surface area contributed by atoms with Crippen LogP contribution in [-0.2, 0) is 11.2 Å². The Bertz CT molecular complexity index is 1490. The second-order valence-corrected chi connectivity index (χ2v) is 11.3. The number of aliphatic hydroxyl groups excluding tert-OH is 1. The van der Waals surface area contributed by atoms with Crippen LogP contribution in [0.2, 0.25) is 0 Å². The summed E-state index contributed by atoms with van der Waals surface area (Å²) in [6, 6.07) is 13.6. The second kappa shape index (κ2) is 11.5. The van der Waals surface area contributed by atoms with Crippen LogP contribution in [0.3, 0.4) is 0 Å². The van der Waals surface area contributed by atoms with Gasteiger partial charge in [0.25, 0.3) is 0 Å². The second-order valence-electron chi connectivity index (χ2n) is 9.14. The van der Waals surface area contributed by atoms with Crippen molar-refractivity contribution >= 4 is 46.1 Å². The minimum atomic E-state index is -1.04. The Balaban J connectivity index is 1.18. The van der Waals surface area contributed by atoms with Crippen LogP contribution >= 0.6 is 23.1 Å². The van der Waals surface area contributed by atoms with Crippen LogP contribution in [0.25, 0.3) is 22.6 Å². The van der Waals surface area contributed by atoms with Gasteiger partial charge in [-0.3, -0.25) is 4.79 Å². The fourth-order valence-corrected chi connectivity index (χ4v) is 6.32. The molecule has 0 spiro atoms. The third-order valence-corrected chi connectivity index (χ3v) is 8.43. The van der Waals surface area contributed by atoms with Crippen LogP contribution in [0.5, 0.6) is 0 Å². The summed E-state index contributed by atoms with van der Waals surface area (Å²) in [4.78, 5) is 34.0. The zero-order chi connectivity index (χ0) is 26.6. The van der Waals surface area contributed by atoms with Gasteiger partial charge < -0.3 is 19.5 Å². The Labute approximate surface area is 228 Å². The van der Waals surface area contributed by atoms with Crippen molar-refractivity contribution in [2.24, 2.45) is 0 Å². The maximum Gasteiger partial charge on any atom is 0.355 e. The lowest BCUT2D eigenvalue weighted by atomic mass is 10.0. The summed E-state index contributed by atoms with van der Waals surface area (Å²) < 4.78 is 6.62. The third-order valence-electron chi connectivity index (χ3n) is 6.43. The monoisotopic (exact) mass is 549 g/mol. The fourth-order valence-electron chi connectivity index (χ4n) is 4.51. The number of para-hydroxylation sites is 1. The number of benzene rings is 2. The highest BCUT2D eigenvalue weighted by Crippen LogP contribution is 2.28. The minimum absolute atomic E-state index is 0.0408. The number of amides is 1. The van der Waals surface area contributed by atoms with Crippen molar-refractivity contribution in [1.29, 1.82) is 0 Å². The molecular weight excluding hydrogens is 522 g/mol. The summed E-state index contributed by atoms with van der Waals surface area (Å²) in [6.45, 7) is 2.53. The number of likely N-dealkylation sites (tertiary alicyclic amines) is 1. The number of oxazole rings is 1. The summed E-state index contributed by atoms with van der Waals surface area (Å²) in [5.74, 6) is 0.213. The van der Waals surface area contributed by atoms with Gasteiger partial charge in [0.05, 0.1) is 12.1 Å². The van der Waals surface area contributed by atoms with Crippen molar-refractivity contribution in [3.63, 3.8) is 0 Å². The normalized spacial score (nSPS) is 16.6. The summed E-state index contributed by atoms with van der Waals surface area (Å²) in [5.41, 5.74) is 4.51. The fraction of sp³-hybridized carbons (Fsp3) is 0.286. The van der Waals surface area contributed by atoms with E-state index in [0.717, 1.165) is 27.8 Å². The zero-order valence-electron chi connectivity index (χ0n) is 20.7. The molecule has 38 heavy (non-hydrogen) atoms. The van der Waals surface area contributed by atoms with Gasteiger partial charge in [-0.1, -0.05) is 48.2 Å². The van der Waals surface area contributed by atoms with Gasteiger partial charge in [-0.25, -0.2) is 14.8 Å². The molecule has 4 aromatic rings. The first-order chi connectivity index (χ1) is 18.4. The molecule has 2 atom stereocenters. The number of aromatic nitrogens is 2. The first-order valence-corrected chi connectivity index (χ1v) is 14.2. The molecule has 0 unspecified atom stereocenters. The van der Waals surface area contributed by atoms with Crippen molar-refractivity contribution in [2.45, 2.75) is 42.7 Å². The quantitative estimate of drug-likeness (QED) is 0.205. The average molecular weight is 550 g/mol. The van der Waals surface area contributed by atoms with Gasteiger partial charge in [-0.2, -0.15) is 0 Å². The van der Waals surface area contributed by atoms with E-state index in [-0.39, 0.29) is 17.6 Å². The molecule has 2 N–H and O–H groups in total. The molecule has 2 aromatic heterocycles. The molecule has 1 amide bonds. The molecule has 0 saturated carbocycles. The Kier molecular flexibility index (Phi) is 7.92. The predicted octanol–water partition coefficient (Wildman–Crippen LogP) is 5.20. The predicted molar refractivity (Wildman–Crippen MR) is 148 cm³/mol. The number of carbonyl (C=O) groups excluding carboxylic acids is 1. The Morgan fingerprint density at radius 3 is 2.92 bits per heavy atom. The topological polar surface area (TPSA) is 117 Å². The number of carboxylic acids is 1. The first kappa shape index (κ1) is 26.1. The number of carboxylic acid groups (broad SMARTS) is 1. The highest BCUT2D eigenvalue weighted by atomic mass is 32.2. The summed E-state index contributed by atoms with van der Waals surface area (Å²) in [7, 11) is 0. The van der Waals surface area contributed by atoms with Crippen LogP contribution in [0.4, 0.5) is 0 Å². The van der Waals surface area contributed by atoms with E-state index in [2.05, 4.69) is 9.97 Å². The summed E-state index contributed by atoms with van der Waals surface area (Å²) >= 11 is 2.73. The van der Waals surface area contributed by atoms with Gasteiger partial charge in [0.15, 0.2) is 15.6 Å². The third kappa shape index (κ3) is 5.98. The van der Waals surface area contributed by atoms with Crippen molar-refractivity contribution in [1.82, 2.24) is 14.9 Å². The molecule has 196 valence electrons. The molecule has 0 aliphatic carbocycles. The Morgan fingerprint density at radius 2 is 2.13 bits per heavy atom. The smallest absolute Gasteiger partial charge is 0.355 e. The molecule has 1 aliphatic rings. The van der Waals surface area contributed by atoms with Gasteiger partial charge in [-0.05, 0) is 42.7 Å². The molecule has 0 radical (unpaired) electrons. The lowest BCUT2D eigenvalue weighted by molar-refractivity contribution is -0.128. The summed E-state index contributed by atoms with van der Waals surface area (Å²) in [6.07, 6.45) is 4.59. The first-order valence-electron chi connectivity index (χ1n) is 12.3. The van der Waals surface area contributed by atoms with E-state index >= 15 is 0 Å². The molecule has 3 heterocycles. The van der Waals surface area contributed by atoms with Gasteiger partial charge in [-0.15, -0.1) is 11.3 Å². The maximum absolute atomic E-state index is 12.4. The lowest BCUT2D eigenvalue weighted by Gasteiger charge is -2.22. The summed E-state index contributed by atoms with van der Waals surface area (Å²) in [5, 5.41) is 21.2. The number of hydrogen-bond donors (Lipinski definition) is 2. The molecular formula is C28H27N3O5S2. The molecule has 10 heteroatoms. The minimum Gasteiger partial charge on any atom is -0.476 e. The number of carbonyl (C=O) groups is 2. The number of thioether (sulfide) groups is 1. The zero-order valence-corrected chi connectivity index (χ0v) is 22.4. The molecule has 1 saturated heterocycles. The number of hydrogen-bond acceptors (Lipinski definition) is 8. The average Bonchev–Trinajstić information content (AvgIpc) is 3.63. The molecule has 2 aromatic carbocycles. The Morgan fingerprint density at radius 1 is 1.29 bits per heavy atom. The van der Waals surface area contributed by atoms with Crippen LogP contribution in [0.15, 0.2) is 68.8 Å². The van der Waals surface area contributed by atoms with Crippen LogP contribution in [0.1, 0.15) is 34.5 Å². The number of rotatable bonds is 10. The molecule has 8 nitrogen and oxygen atoms in total. The van der Waals surface area contributed by atoms with E-state index in [1.54, 1.807) is 6.08 Å². The number of aryl methyl sites for hydroxylation is 1. The van der Waals surface area contributed by atoms with Crippen molar-refractivity contribution in [2.75, 3.05) is 12.3 Å². The highest BCUT2D eigenvalue weighted by molar-refractivity contribution is 8.01. The highest BCUT2D eigenvalue weighted by Gasteiger charge is 2.28. The van der Waals surface area contributed by atoms with E-state index in [1.807, 2.05) is 60.4 Å². The van der Waals surface area contributed by atoms with E-state index in [0.29, 0.717) is 41.8 Å². The number of thiazole rings is 1. The van der Waals surface area contributed by atoms with E-state index in [9.17, 15) is 14.7 Å². The van der Waals surface area contributed by atoms with Crippen LogP contribution in [-0.4, -0.2) is 61.4 Å². The van der Waals surface area contributed by atoms with Gasteiger partial charge >= 0.3 is 5.97 Å². The van der Waals surface area contributed by atoms with Crippen molar-refractivity contribution in [3.05, 3.63) is 76.8 Å². The number of aliphatic hydroxyl groups is 1. The lowest BCUT2D eigenvalue weighted by Crippen LogP contribution is -2.33. The maximum atomic E-state index is 12.4. The van der Waals surface area contributed by atoms with E-state index in [4.69, 9.17) is 9.52 Å². The SMILES string of the molecule is Cc1cccc2oc(-c3cccc(C[C@H](O)/C=C/[C@H]4CCC(=O)N4CCSc4nc(C(=O)O)cs4)c3)nc12. The van der Waals surface area contributed by atoms with E-state index in [1.165, 1.54) is 28.5 Å². The van der Waals surface area contributed by atoms with Gasteiger partial charge in [0.2, 0.25) is 11.8 Å². The molecule has 1 aliphatic heterocycles. The molecule has 0 bridgehead atoms. The van der Waals surface area contributed by atoms with Gasteiger partial charge in [0, 0.05) is 36.1 Å². The molecule has 5 rings (SSSR count). The standard InChI is InChI=1S/C28H27N3O5S2/c1-17-4-2-7-23-25(17)30-26(36-23)19-6-3-5-18(14-19)15-21(32)10-8-20-9-11-24(33)31(20)12-13-37-28-29-22(16-38-28)27(34)35/h2-8,10,14,16,20-21,32H,9,11-13,15H2,1H3,(H,34,35)/b10-8+/t20-,21+/m0/s1. The van der Waals surface area contributed by atoms with Crippen LogP contribution < -0.4 is 0 Å². The van der Waals surface area contributed by atoms with Crippen molar-refractivity contribution in [3.8, 4) is 11.5 Å². The van der Waals surface area contributed by atoms with Crippen molar-refractivity contribution < 1.29 is 24.2 Å². The Hall–Kier alpha value is -3.47. The van der Waals surface area contributed by atoms with Gasteiger partial charge in [0.1, 0.15) is 5.52 Å². The number of fused-ring (bicyclic) bond motifs is 1. The van der Waals surface area contributed by atoms with Crippen LogP contribution in [0, 0.1) is 6.92 Å². The number of nitrogens with zero attached hydrogens (tertiary/aromatic N) is 3.